The number of hydrogen-bond acceptors (Lipinski definition) is 3. The smallest absolute Gasteiger partial charge is 0.240 e. The van der Waals surface area contributed by atoms with Gasteiger partial charge in [-0.25, -0.2) is 9.58 Å². The predicted octanol–water partition coefficient (Wildman–Crippen LogP) is -0.0488. The van der Waals surface area contributed by atoms with Crippen LogP contribution < -0.4 is 9.99 Å². The number of aromatic nitrogens is 1. The van der Waals surface area contributed by atoms with Crippen molar-refractivity contribution in [1.82, 2.24) is 15.3 Å². The van der Waals surface area contributed by atoms with Crippen LogP contribution in [0.1, 0.15) is 12.0 Å². The van der Waals surface area contributed by atoms with E-state index in [0.717, 1.165) is 32.7 Å². The standard InChI is InChI=1S/C14H22N4O/c1-13-3-6-17(7-4-13)8-5-14(19)15-18-11-9-16(2)10-12-18/h3-4,6-7H,5,8-12H2,1-2H3/p+1. The van der Waals surface area contributed by atoms with E-state index in [1.165, 1.54) is 5.56 Å². The number of aryl methyl sites for hydroxylation is 2. The van der Waals surface area contributed by atoms with Gasteiger partial charge in [-0.2, -0.15) is 0 Å². The molecule has 0 aliphatic carbocycles. The number of amides is 1. The zero-order valence-electron chi connectivity index (χ0n) is 11.8. The first-order valence-electron chi connectivity index (χ1n) is 6.82. The largest absolute Gasteiger partial charge is 0.304 e. The molecule has 1 fully saturated rings. The summed E-state index contributed by atoms with van der Waals surface area (Å²) in [5.74, 6) is 0.0950. The van der Waals surface area contributed by atoms with E-state index in [9.17, 15) is 4.79 Å². The lowest BCUT2D eigenvalue weighted by Gasteiger charge is -2.32. The van der Waals surface area contributed by atoms with Gasteiger partial charge >= 0.3 is 0 Å². The molecule has 1 N–H and O–H groups in total. The Balaban J connectivity index is 1.71. The minimum atomic E-state index is 0.0950. The van der Waals surface area contributed by atoms with E-state index >= 15 is 0 Å². The van der Waals surface area contributed by atoms with Gasteiger partial charge in [0.2, 0.25) is 5.91 Å². The van der Waals surface area contributed by atoms with E-state index in [4.69, 9.17) is 0 Å². The molecule has 0 aromatic carbocycles. The average molecular weight is 263 g/mol. The van der Waals surface area contributed by atoms with Crippen molar-refractivity contribution >= 4 is 5.91 Å². The highest BCUT2D eigenvalue weighted by Gasteiger charge is 2.16. The third-order valence-corrected chi connectivity index (χ3v) is 3.44. The van der Waals surface area contributed by atoms with Crippen LogP contribution in [0.25, 0.3) is 0 Å². The van der Waals surface area contributed by atoms with Crippen LogP contribution in [0.15, 0.2) is 24.5 Å². The number of likely N-dealkylation sites (N-methyl/N-ethyl adjacent to an activating group) is 1. The van der Waals surface area contributed by atoms with Crippen LogP contribution in [0.5, 0.6) is 0 Å². The van der Waals surface area contributed by atoms with Gasteiger partial charge in [-0.05, 0) is 19.5 Å². The summed E-state index contributed by atoms with van der Waals surface area (Å²) in [6.07, 6.45) is 4.54. The highest BCUT2D eigenvalue weighted by Crippen LogP contribution is 1.96. The molecule has 104 valence electrons. The van der Waals surface area contributed by atoms with Crippen LogP contribution in [0.4, 0.5) is 0 Å². The number of nitrogens with zero attached hydrogens (tertiary/aromatic N) is 3. The van der Waals surface area contributed by atoms with Crippen LogP contribution in [-0.4, -0.2) is 49.0 Å². The number of pyridine rings is 1. The summed E-state index contributed by atoms with van der Waals surface area (Å²) in [5, 5.41) is 2.02. The molecule has 1 amide bonds. The highest BCUT2D eigenvalue weighted by atomic mass is 16.2. The van der Waals surface area contributed by atoms with Crippen molar-refractivity contribution in [1.29, 1.82) is 0 Å². The summed E-state index contributed by atoms with van der Waals surface area (Å²) in [6.45, 7) is 6.60. The molecule has 1 aromatic rings. The first-order valence-corrected chi connectivity index (χ1v) is 6.82. The fraction of sp³-hybridized carbons (Fsp3) is 0.571. The van der Waals surface area contributed by atoms with Gasteiger partial charge in [-0.3, -0.25) is 10.2 Å². The molecule has 5 heteroatoms. The van der Waals surface area contributed by atoms with Crippen molar-refractivity contribution in [2.45, 2.75) is 19.9 Å². The Hall–Kier alpha value is -1.46. The summed E-state index contributed by atoms with van der Waals surface area (Å²) in [4.78, 5) is 14.1. The van der Waals surface area contributed by atoms with Gasteiger partial charge in [0.15, 0.2) is 18.9 Å². The zero-order chi connectivity index (χ0) is 13.7. The molecule has 1 aliphatic rings. The van der Waals surface area contributed by atoms with Gasteiger partial charge in [0, 0.05) is 38.3 Å². The molecule has 0 spiro atoms. The lowest BCUT2D eigenvalue weighted by Crippen LogP contribution is -2.53. The molecule has 0 bridgehead atoms. The Bertz CT molecular complexity index is 410. The van der Waals surface area contributed by atoms with E-state index in [0.29, 0.717) is 6.42 Å². The molecule has 0 unspecified atom stereocenters. The van der Waals surface area contributed by atoms with Crippen molar-refractivity contribution in [3.05, 3.63) is 30.1 Å². The molecule has 0 radical (unpaired) electrons. The van der Waals surface area contributed by atoms with Gasteiger partial charge in [-0.15, -0.1) is 0 Å². The summed E-state index contributed by atoms with van der Waals surface area (Å²) in [6, 6.07) is 4.11. The molecule has 0 saturated carbocycles. The molecule has 2 rings (SSSR count). The Morgan fingerprint density at radius 3 is 2.53 bits per heavy atom. The minimum Gasteiger partial charge on any atom is -0.304 e. The number of piperazine rings is 1. The number of rotatable bonds is 4. The number of nitrogens with one attached hydrogen (secondary N) is 1. The van der Waals surface area contributed by atoms with E-state index < -0.39 is 0 Å². The minimum absolute atomic E-state index is 0.0950. The van der Waals surface area contributed by atoms with Crippen LogP contribution >= 0.6 is 0 Å². The van der Waals surface area contributed by atoms with Crippen molar-refractivity contribution in [3.8, 4) is 0 Å². The fourth-order valence-electron chi connectivity index (χ4n) is 2.06. The summed E-state index contributed by atoms with van der Waals surface area (Å²) >= 11 is 0. The molecule has 0 atom stereocenters. The Kier molecular flexibility index (Phi) is 4.87. The first kappa shape index (κ1) is 14.0. The highest BCUT2D eigenvalue weighted by molar-refractivity contribution is 5.75. The van der Waals surface area contributed by atoms with Crippen molar-refractivity contribution in [2.75, 3.05) is 33.2 Å². The molecular formula is C14H23N4O+. The number of carbonyl (C=O) groups is 1. The predicted molar refractivity (Wildman–Crippen MR) is 73.2 cm³/mol. The SMILES string of the molecule is Cc1cc[n+](CCC(=O)NN2CCN(C)CC2)cc1. The molecule has 1 aliphatic heterocycles. The quantitative estimate of drug-likeness (QED) is 0.774. The summed E-state index contributed by atoms with van der Waals surface area (Å²) in [7, 11) is 2.10. The third-order valence-electron chi connectivity index (χ3n) is 3.44. The third kappa shape index (κ3) is 4.61. The average Bonchev–Trinajstić information content (AvgIpc) is 2.41. The van der Waals surface area contributed by atoms with Crippen molar-refractivity contribution in [2.24, 2.45) is 0 Å². The summed E-state index contributed by atoms with van der Waals surface area (Å²) < 4.78 is 2.04. The second kappa shape index (κ2) is 6.63. The van der Waals surface area contributed by atoms with Gasteiger partial charge in [0.05, 0.1) is 6.42 Å². The lowest BCUT2D eigenvalue weighted by atomic mass is 10.3. The lowest BCUT2D eigenvalue weighted by molar-refractivity contribution is -0.695. The van der Waals surface area contributed by atoms with Crippen LogP contribution in [0, 0.1) is 6.92 Å². The van der Waals surface area contributed by atoms with Gasteiger partial charge in [0.25, 0.3) is 0 Å². The maximum atomic E-state index is 11.9. The number of hydrazine groups is 1. The molecular weight excluding hydrogens is 240 g/mol. The van der Waals surface area contributed by atoms with Crippen LogP contribution in [0.2, 0.25) is 0 Å². The summed E-state index contributed by atoms with van der Waals surface area (Å²) in [5.41, 5.74) is 4.21. The molecule has 1 saturated heterocycles. The number of carbonyl (C=O) groups excluding carboxylic acids is 1. The Morgan fingerprint density at radius 2 is 1.89 bits per heavy atom. The molecule has 1 aromatic heterocycles. The Morgan fingerprint density at radius 1 is 1.26 bits per heavy atom. The van der Waals surface area contributed by atoms with Gasteiger partial charge < -0.3 is 4.90 Å². The van der Waals surface area contributed by atoms with E-state index in [-0.39, 0.29) is 5.91 Å². The second-order valence-electron chi connectivity index (χ2n) is 5.19. The van der Waals surface area contributed by atoms with E-state index in [2.05, 4.69) is 36.4 Å². The molecule has 2 heterocycles. The maximum absolute atomic E-state index is 11.9. The molecule has 19 heavy (non-hydrogen) atoms. The fourth-order valence-corrected chi connectivity index (χ4v) is 2.06. The van der Waals surface area contributed by atoms with Crippen LogP contribution in [-0.2, 0) is 11.3 Å². The molecule has 5 nitrogen and oxygen atoms in total. The monoisotopic (exact) mass is 263 g/mol. The van der Waals surface area contributed by atoms with Gasteiger partial charge in [-0.1, -0.05) is 0 Å². The zero-order valence-corrected chi connectivity index (χ0v) is 11.8. The number of hydrogen-bond donors (Lipinski definition) is 1. The van der Waals surface area contributed by atoms with Crippen LogP contribution in [0.3, 0.4) is 0 Å². The second-order valence-corrected chi connectivity index (χ2v) is 5.19. The Labute approximate surface area is 114 Å². The maximum Gasteiger partial charge on any atom is 0.240 e. The van der Waals surface area contributed by atoms with Crippen molar-refractivity contribution < 1.29 is 9.36 Å². The van der Waals surface area contributed by atoms with Crippen molar-refractivity contribution in [3.63, 3.8) is 0 Å². The normalized spacial score (nSPS) is 17.4. The topological polar surface area (TPSA) is 39.5 Å². The van der Waals surface area contributed by atoms with E-state index in [1.807, 2.05) is 22.0 Å². The first-order chi connectivity index (χ1) is 9.13. The van der Waals surface area contributed by atoms with Gasteiger partial charge in [0.1, 0.15) is 0 Å². The van der Waals surface area contributed by atoms with E-state index in [1.54, 1.807) is 0 Å².